The fourth-order valence-electron chi connectivity index (χ4n) is 1.37. The molecule has 0 bridgehead atoms. The van der Waals surface area contributed by atoms with Crippen LogP contribution in [0.2, 0.25) is 5.02 Å². The molecule has 0 saturated heterocycles. The Bertz CT molecular complexity index is 415. The lowest BCUT2D eigenvalue weighted by atomic mass is 10.1. The molecule has 1 heterocycles. The monoisotopic (exact) mass is 385 g/mol. The molecule has 1 aromatic heterocycles. The summed E-state index contributed by atoms with van der Waals surface area (Å²) in [4.78, 5) is -0.160. The molecule has 1 rings (SSSR count). The summed E-state index contributed by atoms with van der Waals surface area (Å²) in [6, 6.07) is -1.02. The number of thiophene rings is 1. The van der Waals surface area contributed by atoms with E-state index in [0.29, 0.717) is 10.2 Å². The predicted octanol–water partition coefficient (Wildman–Crippen LogP) is 5.40. The van der Waals surface area contributed by atoms with Gasteiger partial charge in [-0.05, 0) is 35.0 Å². The second-order valence-corrected chi connectivity index (χ2v) is 6.59. The summed E-state index contributed by atoms with van der Waals surface area (Å²) in [7, 11) is 0. The summed E-state index contributed by atoms with van der Waals surface area (Å²) in [6.45, 7) is 1.72. The molecule has 1 unspecified atom stereocenters. The number of rotatable bonds is 5. The van der Waals surface area contributed by atoms with Crippen molar-refractivity contribution >= 4 is 38.9 Å². The molecule has 0 saturated carbocycles. The molecule has 0 radical (unpaired) electrons. The largest absolute Gasteiger partial charge is 0.455 e. The Balaban J connectivity index is 3.14. The molecule has 1 N–H and O–H groups in total. The van der Waals surface area contributed by atoms with E-state index in [4.69, 9.17) is 11.6 Å². The van der Waals surface area contributed by atoms with Crippen LogP contribution >= 0.6 is 38.9 Å². The first kappa shape index (κ1) is 17.1. The first-order chi connectivity index (χ1) is 8.61. The van der Waals surface area contributed by atoms with Crippen LogP contribution in [0.1, 0.15) is 24.3 Å². The SMILES string of the molecule is CCCNC(c1cc(Cl)c(Br)s1)C(F)(F)C(F)(F)F. The van der Waals surface area contributed by atoms with Crippen molar-refractivity contribution in [3.63, 3.8) is 0 Å². The van der Waals surface area contributed by atoms with Gasteiger partial charge in [-0.3, -0.25) is 0 Å². The first-order valence-electron chi connectivity index (χ1n) is 5.24. The van der Waals surface area contributed by atoms with Crippen molar-refractivity contribution in [1.82, 2.24) is 5.32 Å². The molecule has 1 nitrogen and oxygen atoms in total. The molecule has 0 amide bonds. The zero-order chi connectivity index (χ0) is 14.8. The van der Waals surface area contributed by atoms with Crippen LogP contribution in [0, 0.1) is 0 Å². The topological polar surface area (TPSA) is 12.0 Å². The van der Waals surface area contributed by atoms with Gasteiger partial charge in [0, 0.05) is 4.88 Å². The molecule has 0 aromatic carbocycles. The van der Waals surface area contributed by atoms with Crippen molar-refractivity contribution in [3.05, 3.63) is 19.8 Å². The number of hydrogen-bond acceptors (Lipinski definition) is 2. The van der Waals surface area contributed by atoms with Crippen molar-refractivity contribution in [3.8, 4) is 0 Å². The van der Waals surface area contributed by atoms with E-state index in [-0.39, 0.29) is 16.4 Å². The summed E-state index contributed by atoms with van der Waals surface area (Å²) < 4.78 is 64.8. The number of hydrogen-bond donors (Lipinski definition) is 1. The van der Waals surface area contributed by atoms with Crippen molar-refractivity contribution < 1.29 is 22.0 Å². The van der Waals surface area contributed by atoms with Crippen molar-refractivity contribution in [2.24, 2.45) is 0 Å². The summed E-state index contributed by atoms with van der Waals surface area (Å²) in [6.07, 6.45) is -5.19. The Kier molecular flexibility index (Phi) is 5.62. The fraction of sp³-hybridized carbons (Fsp3) is 0.600. The minimum absolute atomic E-state index is 0.0451. The van der Waals surface area contributed by atoms with Gasteiger partial charge < -0.3 is 5.32 Å². The van der Waals surface area contributed by atoms with Gasteiger partial charge in [-0.15, -0.1) is 11.3 Å². The van der Waals surface area contributed by atoms with Gasteiger partial charge in [-0.25, -0.2) is 0 Å². The van der Waals surface area contributed by atoms with E-state index in [0.717, 1.165) is 17.4 Å². The van der Waals surface area contributed by atoms with Gasteiger partial charge in [0.05, 0.1) is 8.81 Å². The lowest BCUT2D eigenvalue weighted by Crippen LogP contribution is -2.47. The van der Waals surface area contributed by atoms with Crippen molar-refractivity contribution in [2.45, 2.75) is 31.5 Å². The maximum Gasteiger partial charge on any atom is 0.455 e. The van der Waals surface area contributed by atoms with Gasteiger partial charge in [-0.1, -0.05) is 18.5 Å². The Morgan fingerprint density at radius 2 is 1.95 bits per heavy atom. The smallest absolute Gasteiger partial charge is 0.304 e. The van der Waals surface area contributed by atoms with E-state index < -0.39 is 18.1 Å². The lowest BCUT2D eigenvalue weighted by molar-refractivity contribution is -0.294. The quantitative estimate of drug-likeness (QED) is 0.668. The van der Waals surface area contributed by atoms with Gasteiger partial charge in [0.25, 0.3) is 0 Å². The highest BCUT2D eigenvalue weighted by Gasteiger charge is 2.63. The normalized spacial score (nSPS) is 14.7. The Morgan fingerprint density at radius 3 is 2.32 bits per heavy atom. The third kappa shape index (κ3) is 3.80. The van der Waals surface area contributed by atoms with Crippen LogP contribution in [0.5, 0.6) is 0 Å². The molecular formula is C10H10BrClF5NS. The summed E-state index contributed by atoms with van der Waals surface area (Å²) in [5.74, 6) is -4.87. The highest BCUT2D eigenvalue weighted by molar-refractivity contribution is 9.11. The third-order valence-electron chi connectivity index (χ3n) is 2.29. The minimum atomic E-state index is -5.62. The molecule has 1 aromatic rings. The molecule has 19 heavy (non-hydrogen) atoms. The van der Waals surface area contributed by atoms with Crippen LogP contribution in [-0.2, 0) is 0 Å². The van der Waals surface area contributed by atoms with Gasteiger partial charge in [0.15, 0.2) is 0 Å². The number of halogens is 7. The maximum absolute atomic E-state index is 13.5. The van der Waals surface area contributed by atoms with E-state index >= 15 is 0 Å². The van der Waals surface area contributed by atoms with E-state index in [1.807, 2.05) is 0 Å². The van der Waals surface area contributed by atoms with Crippen LogP contribution in [0.3, 0.4) is 0 Å². The molecule has 0 aliphatic carbocycles. The van der Waals surface area contributed by atoms with Crippen molar-refractivity contribution in [2.75, 3.05) is 6.54 Å². The summed E-state index contributed by atoms with van der Waals surface area (Å²) >= 11 is 9.44. The molecule has 0 spiro atoms. The second kappa shape index (κ2) is 6.24. The minimum Gasteiger partial charge on any atom is -0.304 e. The van der Waals surface area contributed by atoms with E-state index in [1.54, 1.807) is 6.92 Å². The molecular weight excluding hydrogens is 377 g/mol. The van der Waals surface area contributed by atoms with Crippen LogP contribution < -0.4 is 5.32 Å². The van der Waals surface area contributed by atoms with E-state index in [9.17, 15) is 22.0 Å². The Hall–Kier alpha value is 0.0800. The van der Waals surface area contributed by atoms with E-state index in [1.165, 1.54) is 0 Å². The van der Waals surface area contributed by atoms with Crippen LogP contribution in [-0.4, -0.2) is 18.6 Å². The van der Waals surface area contributed by atoms with E-state index in [2.05, 4.69) is 21.2 Å². The third-order valence-corrected chi connectivity index (χ3v) is 4.83. The molecule has 9 heteroatoms. The molecule has 0 fully saturated rings. The molecule has 0 aliphatic rings. The fourth-order valence-corrected chi connectivity index (χ4v) is 3.23. The molecule has 0 aliphatic heterocycles. The van der Waals surface area contributed by atoms with Crippen molar-refractivity contribution in [1.29, 1.82) is 0 Å². The summed E-state index contributed by atoms with van der Waals surface area (Å²) in [5, 5.41) is 2.35. The maximum atomic E-state index is 13.5. The summed E-state index contributed by atoms with van der Waals surface area (Å²) in [5.41, 5.74) is 0. The van der Waals surface area contributed by atoms with Gasteiger partial charge >= 0.3 is 12.1 Å². The average molecular weight is 387 g/mol. The standard InChI is InChI=1S/C10H10BrClF5NS/c1-2-3-18-7(9(13,14)10(15,16)17)6-4-5(12)8(11)19-6/h4,7,18H,2-3H2,1H3. The predicted molar refractivity (Wildman–Crippen MR) is 69.1 cm³/mol. The van der Waals surface area contributed by atoms with Crippen LogP contribution in [0.15, 0.2) is 9.85 Å². The van der Waals surface area contributed by atoms with Crippen LogP contribution in [0.25, 0.3) is 0 Å². The van der Waals surface area contributed by atoms with Gasteiger partial charge in [0.2, 0.25) is 0 Å². The van der Waals surface area contributed by atoms with Gasteiger partial charge in [0.1, 0.15) is 6.04 Å². The number of nitrogens with one attached hydrogen (secondary N) is 1. The lowest BCUT2D eigenvalue weighted by Gasteiger charge is -2.28. The highest BCUT2D eigenvalue weighted by Crippen LogP contribution is 2.47. The van der Waals surface area contributed by atoms with Gasteiger partial charge in [-0.2, -0.15) is 22.0 Å². The highest BCUT2D eigenvalue weighted by atomic mass is 79.9. The average Bonchev–Trinajstić information content (AvgIpc) is 2.57. The second-order valence-electron chi connectivity index (χ2n) is 3.78. The molecule has 110 valence electrons. The Morgan fingerprint density at radius 1 is 1.37 bits per heavy atom. The molecule has 1 atom stereocenters. The number of alkyl halides is 5. The zero-order valence-electron chi connectivity index (χ0n) is 9.62. The Labute approximate surface area is 124 Å². The zero-order valence-corrected chi connectivity index (χ0v) is 12.8. The van der Waals surface area contributed by atoms with Crippen LogP contribution in [0.4, 0.5) is 22.0 Å². The first-order valence-corrected chi connectivity index (χ1v) is 7.22.